The summed E-state index contributed by atoms with van der Waals surface area (Å²) in [5.41, 5.74) is 1.27. The second-order valence-electron chi connectivity index (χ2n) is 5.23. The normalized spacial score (nSPS) is 16.1. The van der Waals surface area contributed by atoms with Gasteiger partial charge in [-0.05, 0) is 25.1 Å². The number of hydrogen-bond donors (Lipinski definition) is 0. The van der Waals surface area contributed by atoms with Gasteiger partial charge in [0, 0.05) is 37.3 Å². The minimum Gasteiger partial charge on any atom is -0.336 e. The molecule has 0 aromatic heterocycles. The number of aldehydes is 1. The molecule has 0 saturated carbocycles. The number of rotatable bonds is 5. The lowest BCUT2D eigenvalue weighted by atomic mass is 10.1. The molecule has 0 aliphatic carbocycles. The molecule has 0 bridgehead atoms. The second-order valence-corrected chi connectivity index (χ2v) is 5.23. The highest BCUT2D eigenvalue weighted by Crippen LogP contribution is 2.10. The zero-order valence-electron chi connectivity index (χ0n) is 12.0. The maximum Gasteiger partial charge on any atom is 0.253 e. The maximum atomic E-state index is 12.3. The summed E-state index contributed by atoms with van der Waals surface area (Å²) in [6, 6.07) is 6.85. The van der Waals surface area contributed by atoms with E-state index in [1.54, 1.807) is 24.3 Å². The zero-order valence-corrected chi connectivity index (χ0v) is 12.0. The van der Waals surface area contributed by atoms with E-state index >= 15 is 0 Å². The Balaban J connectivity index is 1.89. The summed E-state index contributed by atoms with van der Waals surface area (Å²) in [5, 5.41) is 0. The number of piperazine rings is 1. The van der Waals surface area contributed by atoms with Gasteiger partial charge in [-0.15, -0.1) is 0 Å². The average molecular weight is 274 g/mol. The predicted octanol–water partition coefficient (Wildman–Crippen LogP) is 2.06. The van der Waals surface area contributed by atoms with Gasteiger partial charge in [0.15, 0.2) is 0 Å². The van der Waals surface area contributed by atoms with Crippen molar-refractivity contribution < 1.29 is 9.59 Å². The van der Waals surface area contributed by atoms with Gasteiger partial charge in [-0.1, -0.05) is 25.5 Å². The van der Waals surface area contributed by atoms with Crippen LogP contribution in [-0.4, -0.2) is 54.7 Å². The van der Waals surface area contributed by atoms with Crippen LogP contribution < -0.4 is 0 Å². The zero-order chi connectivity index (χ0) is 14.4. The smallest absolute Gasteiger partial charge is 0.253 e. The molecule has 1 aromatic carbocycles. The van der Waals surface area contributed by atoms with Crippen LogP contribution in [0.5, 0.6) is 0 Å². The van der Waals surface area contributed by atoms with E-state index in [1.165, 1.54) is 12.8 Å². The third-order valence-corrected chi connectivity index (χ3v) is 3.78. The first-order valence-electron chi connectivity index (χ1n) is 7.31. The van der Waals surface area contributed by atoms with Gasteiger partial charge in [-0.2, -0.15) is 0 Å². The summed E-state index contributed by atoms with van der Waals surface area (Å²) in [6.45, 7) is 6.82. The molecule has 1 aliphatic heterocycles. The van der Waals surface area contributed by atoms with E-state index in [4.69, 9.17) is 0 Å². The summed E-state index contributed by atoms with van der Waals surface area (Å²) < 4.78 is 0. The topological polar surface area (TPSA) is 40.6 Å². The largest absolute Gasteiger partial charge is 0.336 e. The lowest BCUT2D eigenvalue weighted by molar-refractivity contribution is 0.0635. The number of carbonyl (C=O) groups is 2. The Hall–Kier alpha value is -1.68. The molecule has 108 valence electrons. The molecule has 4 heteroatoms. The van der Waals surface area contributed by atoms with Crippen molar-refractivity contribution in [1.29, 1.82) is 0 Å². The van der Waals surface area contributed by atoms with E-state index in [9.17, 15) is 9.59 Å². The summed E-state index contributed by atoms with van der Waals surface area (Å²) in [6.07, 6.45) is 3.23. The average Bonchev–Trinajstić information content (AvgIpc) is 2.53. The molecule has 1 amide bonds. The quantitative estimate of drug-likeness (QED) is 0.772. The van der Waals surface area contributed by atoms with E-state index in [0.717, 1.165) is 39.0 Å². The fraction of sp³-hybridized carbons (Fsp3) is 0.500. The highest BCUT2D eigenvalue weighted by Gasteiger charge is 2.21. The molecule has 20 heavy (non-hydrogen) atoms. The van der Waals surface area contributed by atoms with Crippen LogP contribution in [0, 0.1) is 0 Å². The summed E-state index contributed by atoms with van der Waals surface area (Å²) >= 11 is 0. The molecule has 4 nitrogen and oxygen atoms in total. The molecule has 1 fully saturated rings. The number of unbranched alkanes of at least 4 members (excludes halogenated alkanes) is 1. The third kappa shape index (κ3) is 3.67. The molecule has 1 saturated heterocycles. The van der Waals surface area contributed by atoms with Crippen LogP contribution >= 0.6 is 0 Å². The van der Waals surface area contributed by atoms with E-state index in [2.05, 4.69) is 11.8 Å². The van der Waals surface area contributed by atoms with Gasteiger partial charge < -0.3 is 4.90 Å². The van der Waals surface area contributed by atoms with Crippen molar-refractivity contribution in [2.24, 2.45) is 0 Å². The van der Waals surface area contributed by atoms with Gasteiger partial charge in [0.1, 0.15) is 6.29 Å². The van der Waals surface area contributed by atoms with Crippen LogP contribution in [0.3, 0.4) is 0 Å². The Bertz CT molecular complexity index is 448. The van der Waals surface area contributed by atoms with Crippen molar-refractivity contribution in [2.75, 3.05) is 32.7 Å². The van der Waals surface area contributed by atoms with E-state index in [1.807, 2.05) is 4.90 Å². The van der Waals surface area contributed by atoms with E-state index in [0.29, 0.717) is 11.1 Å². The molecular formula is C16H22N2O2. The predicted molar refractivity (Wildman–Crippen MR) is 79.1 cm³/mol. The minimum atomic E-state index is 0.0672. The Morgan fingerprint density at radius 1 is 1.15 bits per heavy atom. The Labute approximate surface area is 120 Å². The first-order valence-corrected chi connectivity index (χ1v) is 7.31. The number of carbonyl (C=O) groups excluding carboxylic acids is 2. The Morgan fingerprint density at radius 2 is 1.80 bits per heavy atom. The highest BCUT2D eigenvalue weighted by atomic mass is 16.2. The molecule has 0 spiro atoms. The molecule has 1 heterocycles. The van der Waals surface area contributed by atoms with Gasteiger partial charge >= 0.3 is 0 Å². The molecule has 1 aliphatic rings. The van der Waals surface area contributed by atoms with Crippen LogP contribution in [0.25, 0.3) is 0 Å². The van der Waals surface area contributed by atoms with Crippen molar-refractivity contribution in [3.63, 3.8) is 0 Å². The fourth-order valence-electron chi connectivity index (χ4n) is 2.44. The molecule has 1 aromatic rings. The van der Waals surface area contributed by atoms with E-state index in [-0.39, 0.29) is 5.91 Å². The van der Waals surface area contributed by atoms with Crippen LogP contribution in [0.4, 0.5) is 0 Å². The molecule has 0 atom stereocenters. The standard InChI is InChI=1S/C16H22N2O2/c1-2-3-8-17-9-11-18(12-10-17)16(20)15-6-4-14(13-19)5-7-15/h4-7,13H,2-3,8-12H2,1H3. The second kappa shape index (κ2) is 7.20. The van der Waals surface area contributed by atoms with Gasteiger partial charge in [0.25, 0.3) is 5.91 Å². The van der Waals surface area contributed by atoms with Gasteiger partial charge in [0.2, 0.25) is 0 Å². The monoisotopic (exact) mass is 274 g/mol. The fourth-order valence-corrected chi connectivity index (χ4v) is 2.44. The van der Waals surface area contributed by atoms with Crippen LogP contribution in [-0.2, 0) is 0 Å². The van der Waals surface area contributed by atoms with Gasteiger partial charge in [0.05, 0.1) is 0 Å². The highest BCUT2D eigenvalue weighted by molar-refractivity contribution is 5.95. The minimum absolute atomic E-state index is 0.0672. The van der Waals surface area contributed by atoms with Crippen LogP contribution in [0.2, 0.25) is 0 Å². The molecule has 0 N–H and O–H groups in total. The number of amides is 1. The Kier molecular flexibility index (Phi) is 5.30. The van der Waals surface area contributed by atoms with Crippen LogP contribution in [0.1, 0.15) is 40.5 Å². The van der Waals surface area contributed by atoms with Crippen LogP contribution in [0.15, 0.2) is 24.3 Å². The lowest BCUT2D eigenvalue weighted by Crippen LogP contribution is -2.48. The van der Waals surface area contributed by atoms with Crippen molar-refractivity contribution >= 4 is 12.2 Å². The lowest BCUT2D eigenvalue weighted by Gasteiger charge is -2.34. The maximum absolute atomic E-state index is 12.3. The van der Waals surface area contributed by atoms with E-state index < -0.39 is 0 Å². The Morgan fingerprint density at radius 3 is 2.35 bits per heavy atom. The number of benzene rings is 1. The molecular weight excluding hydrogens is 252 g/mol. The molecule has 0 radical (unpaired) electrons. The molecule has 2 rings (SSSR count). The first kappa shape index (κ1) is 14.7. The number of hydrogen-bond acceptors (Lipinski definition) is 3. The van der Waals surface area contributed by atoms with Crippen molar-refractivity contribution in [3.05, 3.63) is 35.4 Å². The van der Waals surface area contributed by atoms with Crippen molar-refractivity contribution in [1.82, 2.24) is 9.80 Å². The summed E-state index contributed by atoms with van der Waals surface area (Å²) in [7, 11) is 0. The SMILES string of the molecule is CCCCN1CCN(C(=O)c2ccc(C=O)cc2)CC1. The van der Waals surface area contributed by atoms with Gasteiger partial charge in [-0.3, -0.25) is 14.5 Å². The summed E-state index contributed by atoms with van der Waals surface area (Å²) in [4.78, 5) is 27.3. The number of nitrogens with zero attached hydrogens (tertiary/aromatic N) is 2. The van der Waals surface area contributed by atoms with Gasteiger partial charge in [-0.25, -0.2) is 0 Å². The first-order chi connectivity index (χ1) is 9.74. The summed E-state index contributed by atoms with van der Waals surface area (Å²) in [5.74, 6) is 0.0672. The molecule has 0 unspecified atom stereocenters. The van der Waals surface area contributed by atoms with Crippen molar-refractivity contribution in [2.45, 2.75) is 19.8 Å². The third-order valence-electron chi connectivity index (χ3n) is 3.78. The van der Waals surface area contributed by atoms with Crippen molar-refractivity contribution in [3.8, 4) is 0 Å².